The lowest BCUT2D eigenvalue weighted by Gasteiger charge is -2.24. The van der Waals surface area contributed by atoms with E-state index in [0.717, 1.165) is 36.9 Å². The third kappa shape index (κ3) is 2.78. The molecule has 1 aliphatic heterocycles. The van der Waals surface area contributed by atoms with Crippen molar-refractivity contribution in [3.05, 3.63) is 23.3 Å². The highest BCUT2D eigenvalue weighted by atomic mass is 16.5. The van der Waals surface area contributed by atoms with Crippen LogP contribution in [0.4, 0.5) is 0 Å². The van der Waals surface area contributed by atoms with Crippen molar-refractivity contribution in [2.75, 3.05) is 27.3 Å². The standard InChI is InChI=1S/C15H23NO2/c1-11-13(10-12-6-8-16-9-7-12)4-5-14(17-2)15(11)18-3/h4-5,12,16H,6-10H2,1-3H3. The van der Waals surface area contributed by atoms with E-state index in [0.29, 0.717) is 0 Å². The summed E-state index contributed by atoms with van der Waals surface area (Å²) in [5.74, 6) is 2.50. The Labute approximate surface area is 109 Å². The molecule has 1 saturated heterocycles. The predicted octanol–water partition coefficient (Wildman–Crippen LogP) is 2.55. The highest BCUT2D eigenvalue weighted by Crippen LogP contribution is 2.34. The van der Waals surface area contributed by atoms with E-state index in [1.807, 2.05) is 6.07 Å². The van der Waals surface area contributed by atoms with Gasteiger partial charge in [0.15, 0.2) is 11.5 Å². The van der Waals surface area contributed by atoms with Gasteiger partial charge in [-0.1, -0.05) is 6.07 Å². The van der Waals surface area contributed by atoms with E-state index < -0.39 is 0 Å². The molecule has 18 heavy (non-hydrogen) atoms. The minimum Gasteiger partial charge on any atom is -0.493 e. The summed E-state index contributed by atoms with van der Waals surface area (Å²) in [5, 5.41) is 3.41. The minimum atomic E-state index is 0.794. The molecular weight excluding hydrogens is 226 g/mol. The molecule has 0 aromatic heterocycles. The van der Waals surface area contributed by atoms with Crippen molar-refractivity contribution in [2.45, 2.75) is 26.2 Å². The molecule has 1 aromatic carbocycles. The summed E-state index contributed by atoms with van der Waals surface area (Å²) < 4.78 is 10.8. The number of methoxy groups -OCH3 is 2. The van der Waals surface area contributed by atoms with Gasteiger partial charge in [0.05, 0.1) is 14.2 Å². The SMILES string of the molecule is COc1ccc(CC2CCNCC2)c(C)c1OC. The number of hydrogen-bond acceptors (Lipinski definition) is 3. The molecule has 3 nitrogen and oxygen atoms in total. The van der Waals surface area contributed by atoms with Crippen LogP contribution >= 0.6 is 0 Å². The number of ether oxygens (including phenoxy) is 2. The lowest BCUT2D eigenvalue weighted by atomic mass is 9.89. The fourth-order valence-electron chi connectivity index (χ4n) is 2.74. The summed E-state index contributed by atoms with van der Waals surface area (Å²) in [6.07, 6.45) is 3.69. The zero-order valence-electron chi connectivity index (χ0n) is 11.6. The Morgan fingerprint density at radius 2 is 1.89 bits per heavy atom. The van der Waals surface area contributed by atoms with Gasteiger partial charge in [0.2, 0.25) is 0 Å². The fourth-order valence-corrected chi connectivity index (χ4v) is 2.74. The largest absolute Gasteiger partial charge is 0.493 e. The topological polar surface area (TPSA) is 30.5 Å². The van der Waals surface area contributed by atoms with Crippen LogP contribution in [-0.4, -0.2) is 27.3 Å². The van der Waals surface area contributed by atoms with Gasteiger partial charge >= 0.3 is 0 Å². The average molecular weight is 249 g/mol. The molecule has 0 radical (unpaired) electrons. The van der Waals surface area contributed by atoms with Gasteiger partial charge in [0, 0.05) is 0 Å². The van der Waals surface area contributed by atoms with Crippen molar-refractivity contribution in [1.29, 1.82) is 0 Å². The monoisotopic (exact) mass is 249 g/mol. The van der Waals surface area contributed by atoms with Crippen LogP contribution in [-0.2, 0) is 6.42 Å². The van der Waals surface area contributed by atoms with Gasteiger partial charge in [-0.25, -0.2) is 0 Å². The van der Waals surface area contributed by atoms with Gasteiger partial charge in [-0.3, -0.25) is 0 Å². The zero-order chi connectivity index (χ0) is 13.0. The summed E-state index contributed by atoms with van der Waals surface area (Å²) in [6, 6.07) is 4.20. The van der Waals surface area contributed by atoms with Crippen molar-refractivity contribution >= 4 is 0 Å². The Balaban J connectivity index is 2.17. The van der Waals surface area contributed by atoms with Crippen LogP contribution in [0.15, 0.2) is 12.1 Å². The predicted molar refractivity (Wildman–Crippen MR) is 73.6 cm³/mol. The molecule has 1 aliphatic rings. The van der Waals surface area contributed by atoms with Crippen molar-refractivity contribution in [3.63, 3.8) is 0 Å². The molecule has 0 unspecified atom stereocenters. The first-order valence-electron chi connectivity index (χ1n) is 6.67. The van der Waals surface area contributed by atoms with Gasteiger partial charge < -0.3 is 14.8 Å². The van der Waals surface area contributed by atoms with E-state index in [4.69, 9.17) is 9.47 Å². The van der Waals surface area contributed by atoms with Gasteiger partial charge in [0.25, 0.3) is 0 Å². The normalized spacial score (nSPS) is 16.6. The van der Waals surface area contributed by atoms with E-state index in [9.17, 15) is 0 Å². The molecule has 1 fully saturated rings. The Morgan fingerprint density at radius 1 is 1.17 bits per heavy atom. The lowest BCUT2D eigenvalue weighted by Crippen LogP contribution is -2.28. The van der Waals surface area contributed by atoms with Crippen molar-refractivity contribution in [2.24, 2.45) is 5.92 Å². The number of rotatable bonds is 4. The van der Waals surface area contributed by atoms with Gasteiger partial charge in [-0.2, -0.15) is 0 Å². The molecule has 1 aromatic rings. The second-order valence-corrected chi connectivity index (χ2v) is 4.98. The summed E-state index contributed by atoms with van der Waals surface area (Å²) in [6.45, 7) is 4.42. The first-order valence-corrected chi connectivity index (χ1v) is 6.67. The third-order valence-electron chi connectivity index (χ3n) is 3.87. The van der Waals surface area contributed by atoms with E-state index in [1.54, 1.807) is 14.2 Å². The summed E-state index contributed by atoms with van der Waals surface area (Å²) >= 11 is 0. The Hall–Kier alpha value is -1.22. The Kier molecular flexibility index (Phi) is 4.48. The Bertz CT molecular complexity index is 398. The second-order valence-electron chi connectivity index (χ2n) is 4.98. The van der Waals surface area contributed by atoms with Gasteiger partial charge in [-0.05, 0) is 62.4 Å². The molecule has 0 spiro atoms. The van der Waals surface area contributed by atoms with Gasteiger partial charge in [-0.15, -0.1) is 0 Å². The summed E-state index contributed by atoms with van der Waals surface area (Å²) in [4.78, 5) is 0. The van der Waals surface area contributed by atoms with Crippen LogP contribution in [0, 0.1) is 12.8 Å². The van der Waals surface area contributed by atoms with E-state index in [2.05, 4.69) is 18.3 Å². The molecule has 0 amide bonds. The number of nitrogens with one attached hydrogen (secondary N) is 1. The fraction of sp³-hybridized carbons (Fsp3) is 0.600. The number of piperidine rings is 1. The number of hydrogen-bond donors (Lipinski definition) is 1. The number of benzene rings is 1. The highest BCUT2D eigenvalue weighted by Gasteiger charge is 2.17. The van der Waals surface area contributed by atoms with Crippen molar-refractivity contribution in [1.82, 2.24) is 5.32 Å². The molecule has 100 valence electrons. The third-order valence-corrected chi connectivity index (χ3v) is 3.87. The van der Waals surface area contributed by atoms with Crippen molar-refractivity contribution < 1.29 is 9.47 Å². The van der Waals surface area contributed by atoms with Crippen LogP contribution in [0.3, 0.4) is 0 Å². The molecule has 1 N–H and O–H groups in total. The van der Waals surface area contributed by atoms with Crippen LogP contribution < -0.4 is 14.8 Å². The van der Waals surface area contributed by atoms with Gasteiger partial charge in [0.1, 0.15) is 0 Å². The minimum absolute atomic E-state index is 0.794. The quantitative estimate of drug-likeness (QED) is 0.889. The smallest absolute Gasteiger partial charge is 0.163 e. The molecule has 0 atom stereocenters. The molecular formula is C15H23NO2. The maximum absolute atomic E-state index is 5.46. The second kappa shape index (κ2) is 6.10. The zero-order valence-corrected chi connectivity index (χ0v) is 11.6. The van der Waals surface area contributed by atoms with E-state index in [1.165, 1.54) is 24.0 Å². The molecule has 2 rings (SSSR count). The van der Waals surface area contributed by atoms with Crippen molar-refractivity contribution in [3.8, 4) is 11.5 Å². The van der Waals surface area contributed by atoms with Crippen LogP contribution in [0.2, 0.25) is 0 Å². The van der Waals surface area contributed by atoms with Crippen LogP contribution in [0.5, 0.6) is 11.5 Å². The Morgan fingerprint density at radius 3 is 2.50 bits per heavy atom. The molecule has 3 heteroatoms. The maximum Gasteiger partial charge on any atom is 0.163 e. The highest BCUT2D eigenvalue weighted by molar-refractivity contribution is 5.50. The lowest BCUT2D eigenvalue weighted by molar-refractivity contribution is 0.349. The first-order chi connectivity index (χ1) is 8.76. The van der Waals surface area contributed by atoms with Crippen LogP contribution in [0.25, 0.3) is 0 Å². The summed E-state index contributed by atoms with van der Waals surface area (Å²) in [7, 11) is 3.39. The average Bonchev–Trinajstić information content (AvgIpc) is 2.42. The first kappa shape index (κ1) is 13.2. The van der Waals surface area contributed by atoms with Crippen LogP contribution in [0.1, 0.15) is 24.0 Å². The molecule has 0 bridgehead atoms. The van der Waals surface area contributed by atoms with E-state index in [-0.39, 0.29) is 0 Å². The summed E-state index contributed by atoms with van der Waals surface area (Å²) in [5.41, 5.74) is 2.61. The van der Waals surface area contributed by atoms with E-state index >= 15 is 0 Å². The maximum atomic E-state index is 5.46. The molecule has 0 aliphatic carbocycles. The molecule has 1 heterocycles. The molecule has 0 saturated carbocycles.